The highest BCUT2D eigenvalue weighted by atomic mass is 35.5. The van der Waals surface area contributed by atoms with E-state index in [2.05, 4.69) is 6.08 Å². The van der Waals surface area contributed by atoms with Crippen LogP contribution in [-0.4, -0.2) is 23.3 Å². The molecule has 0 saturated carbocycles. The Kier molecular flexibility index (Phi) is 6.76. The van der Waals surface area contributed by atoms with E-state index in [0.29, 0.717) is 27.9 Å². The molecule has 0 saturated heterocycles. The number of carbonyl (C=O) groups excluding carboxylic acids is 2. The van der Waals surface area contributed by atoms with Gasteiger partial charge in [-0.05, 0) is 67.2 Å². The van der Waals surface area contributed by atoms with Crippen LogP contribution in [0.15, 0.2) is 59.8 Å². The Morgan fingerprint density at radius 3 is 2.62 bits per heavy atom. The fourth-order valence-electron chi connectivity index (χ4n) is 4.11. The number of nitrogens with two attached hydrogens (primary N) is 1. The molecule has 4 rings (SSSR count). The highest BCUT2D eigenvalue weighted by Crippen LogP contribution is 2.36. The first-order chi connectivity index (χ1) is 16.4. The molecule has 1 aliphatic rings. The summed E-state index contributed by atoms with van der Waals surface area (Å²) < 4.78 is 5.37. The van der Waals surface area contributed by atoms with Crippen LogP contribution in [0.4, 0.5) is 0 Å². The number of allylic oxidation sites excluding steroid dienone is 2. The Morgan fingerprint density at radius 1 is 1.18 bits per heavy atom. The zero-order valence-electron chi connectivity index (χ0n) is 18.6. The molecule has 3 aromatic rings. The number of aromatic nitrogens is 1. The second-order valence-electron chi connectivity index (χ2n) is 8.07. The lowest BCUT2D eigenvalue weighted by molar-refractivity contribution is -0.118. The van der Waals surface area contributed by atoms with Gasteiger partial charge in [0.25, 0.3) is 0 Å². The topological polar surface area (TPSA) is 106 Å². The normalized spacial score (nSPS) is 14.8. The van der Waals surface area contributed by atoms with Gasteiger partial charge in [-0.3, -0.25) is 4.79 Å². The molecule has 0 amide bonds. The molecule has 6 nitrogen and oxygen atoms in total. The number of ether oxygens (including phenoxy) is 1. The SMILES string of the molecule is C/C(N)=C(/C#N)C(=O)COC(=O)c1c2c(nc3ccccc13)/C(=C/c1ccc(Cl)cc1)CCC2. The van der Waals surface area contributed by atoms with Crippen molar-refractivity contribution in [1.29, 1.82) is 5.26 Å². The molecule has 34 heavy (non-hydrogen) atoms. The molecule has 7 heteroatoms. The van der Waals surface area contributed by atoms with E-state index in [0.717, 1.165) is 35.2 Å². The average molecular weight is 472 g/mol. The van der Waals surface area contributed by atoms with E-state index >= 15 is 0 Å². The maximum absolute atomic E-state index is 13.3. The van der Waals surface area contributed by atoms with Gasteiger partial charge in [-0.25, -0.2) is 9.78 Å². The monoisotopic (exact) mass is 471 g/mol. The maximum atomic E-state index is 13.3. The second-order valence-corrected chi connectivity index (χ2v) is 8.51. The third kappa shape index (κ3) is 4.70. The standard InChI is InChI=1S/C27H22ClN3O3/c1-16(30)22(14-29)24(32)15-34-27(33)25-20-6-2-3-8-23(20)31-26-18(5-4-7-21(25)26)13-17-9-11-19(28)12-10-17/h2-3,6,8-13H,4-5,7,15,30H2,1H3/b18-13+,22-16+. The minimum atomic E-state index is -0.633. The van der Waals surface area contributed by atoms with E-state index in [1.807, 2.05) is 48.5 Å². The molecule has 0 unspecified atom stereocenters. The second kappa shape index (κ2) is 9.90. The smallest absolute Gasteiger partial charge is 0.339 e. The van der Waals surface area contributed by atoms with Crippen molar-refractivity contribution >= 4 is 45.9 Å². The third-order valence-corrected chi connectivity index (χ3v) is 5.96. The predicted octanol–water partition coefficient (Wildman–Crippen LogP) is 5.25. The molecule has 1 aliphatic carbocycles. The minimum Gasteiger partial charge on any atom is -0.454 e. The molecule has 1 heterocycles. The van der Waals surface area contributed by atoms with E-state index in [9.17, 15) is 9.59 Å². The zero-order chi connectivity index (χ0) is 24.2. The van der Waals surface area contributed by atoms with Crippen LogP contribution in [0.25, 0.3) is 22.6 Å². The first-order valence-electron chi connectivity index (χ1n) is 10.8. The summed E-state index contributed by atoms with van der Waals surface area (Å²) in [7, 11) is 0. The lowest BCUT2D eigenvalue weighted by Crippen LogP contribution is -2.20. The Bertz CT molecular complexity index is 1400. The number of nitriles is 1. The average Bonchev–Trinajstić information content (AvgIpc) is 2.83. The largest absolute Gasteiger partial charge is 0.454 e. The van der Waals surface area contributed by atoms with Gasteiger partial charge in [0.1, 0.15) is 11.6 Å². The Morgan fingerprint density at radius 2 is 1.91 bits per heavy atom. The number of para-hydroxylation sites is 1. The number of Topliss-reactive ketones (excluding diaryl/α,β-unsaturated/α-hetero) is 1. The summed E-state index contributed by atoms with van der Waals surface area (Å²) in [6, 6.07) is 16.7. The molecule has 0 spiro atoms. The van der Waals surface area contributed by atoms with Crippen molar-refractivity contribution in [2.45, 2.75) is 26.2 Å². The van der Waals surface area contributed by atoms with Crippen molar-refractivity contribution in [2.24, 2.45) is 5.73 Å². The van der Waals surface area contributed by atoms with Gasteiger partial charge in [0.2, 0.25) is 5.78 Å². The summed E-state index contributed by atoms with van der Waals surface area (Å²) in [5, 5.41) is 10.5. The molecule has 0 fully saturated rings. The molecule has 0 atom stereocenters. The van der Waals surface area contributed by atoms with Crippen LogP contribution < -0.4 is 5.73 Å². The number of carbonyl (C=O) groups is 2. The first-order valence-corrected chi connectivity index (χ1v) is 11.2. The van der Waals surface area contributed by atoms with Crippen molar-refractivity contribution in [3.63, 3.8) is 0 Å². The number of esters is 1. The van der Waals surface area contributed by atoms with Crippen LogP contribution in [0.2, 0.25) is 5.02 Å². The molecule has 2 aromatic carbocycles. The molecule has 2 N–H and O–H groups in total. The molecule has 1 aromatic heterocycles. The lowest BCUT2D eigenvalue weighted by atomic mass is 9.86. The molecule has 170 valence electrons. The summed E-state index contributed by atoms with van der Waals surface area (Å²) in [6.07, 6.45) is 4.39. The number of hydrogen-bond donors (Lipinski definition) is 1. The Balaban J connectivity index is 1.76. The number of benzene rings is 2. The molecule has 0 aliphatic heterocycles. The van der Waals surface area contributed by atoms with Crippen LogP contribution in [0, 0.1) is 11.3 Å². The quantitative estimate of drug-likeness (QED) is 0.309. The number of ketones is 1. The van der Waals surface area contributed by atoms with Crippen molar-refractivity contribution in [2.75, 3.05) is 6.61 Å². The van der Waals surface area contributed by atoms with Gasteiger partial charge in [0.05, 0.1) is 16.8 Å². The maximum Gasteiger partial charge on any atom is 0.339 e. The Hall–Kier alpha value is -3.95. The van der Waals surface area contributed by atoms with Crippen molar-refractivity contribution < 1.29 is 14.3 Å². The van der Waals surface area contributed by atoms with Crippen LogP contribution in [-0.2, 0) is 16.0 Å². The zero-order valence-corrected chi connectivity index (χ0v) is 19.4. The third-order valence-electron chi connectivity index (χ3n) is 5.70. The summed E-state index contributed by atoms with van der Waals surface area (Å²) in [4.78, 5) is 30.4. The van der Waals surface area contributed by atoms with E-state index in [-0.39, 0.29) is 11.3 Å². The van der Waals surface area contributed by atoms with Crippen LogP contribution in [0.1, 0.15) is 46.9 Å². The van der Waals surface area contributed by atoms with Crippen molar-refractivity contribution in [1.82, 2.24) is 4.98 Å². The van der Waals surface area contributed by atoms with Gasteiger partial charge in [-0.2, -0.15) is 5.26 Å². The predicted molar refractivity (Wildman–Crippen MR) is 132 cm³/mol. The van der Waals surface area contributed by atoms with E-state index in [1.54, 1.807) is 6.07 Å². The number of rotatable bonds is 5. The summed E-state index contributed by atoms with van der Waals surface area (Å²) in [5.41, 5.74) is 10.1. The molecular weight excluding hydrogens is 450 g/mol. The van der Waals surface area contributed by atoms with E-state index < -0.39 is 18.4 Å². The van der Waals surface area contributed by atoms with Crippen molar-refractivity contribution in [3.8, 4) is 6.07 Å². The van der Waals surface area contributed by atoms with Crippen LogP contribution in [0.3, 0.4) is 0 Å². The summed E-state index contributed by atoms with van der Waals surface area (Å²) in [6.45, 7) is 0.898. The van der Waals surface area contributed by atoms with Crippen LogP contribution in [0.5, 0.6) is 0 Å². The molecular formula is C27H22ClN3O3. The Labute approximate surface area is 202 Å². The first kappa shape index (κ1) is 23.2. The van der Waals surface area contributed by atoms with Gasteiger partial charge < -0.3 is 10.5 Å². The fourth-order valence-corrected chi connectivity index (χ4v) is 4.24. The fraction of sp³-hybridized carbons (Fsp3) is 0.185. The highest BCUT2D eigenvalue weighted by Gasteiger charge is 2.26. The summed E-state index contributed by atoms with van der Waals surface area (Å²) in [5.74, 6) is -1.26. The molecule has 0 radical (unpaired) electrons. The van der Waals surface area contributed by atoms with Gasteiger partial charge in [0, 0.05) is 16.1 Å². The van der Waals surface area contributed by atoms with E-state index in [1.165, 1.54) is 6.92 Å². The van der Waals surface area contributed by atoms with Gasteiger partial charge in [0.15, 0.2) is 6.61 Å². The lowest BCUT2D eigenvalue weighted by Gasteiger charge is -2.22. The van der Waals surface area contributed by atoms with E-state index in [4.69, 9.17) is 32.3 Å². The minimum absolute atomic E-state index is 0.0901. The number of pyridine rings is 1. The number of nitrogens with zero attached hydrogens (tertiary/aromatic N) is 2. The number of hydrogen-bond acceptors (Lipinski definition) is 6. The van der Waals surface area contributed by atoms with Gasteiger partial charge in [-0.15, -0.1) is 0 Å². The van der Waals surface area contributed by atoms with Gasteiger partial charge >= 0.3 is 5.97 Å². The summed E-state index contributed by atoms with van der Waals surface area (Å²) >= 11 is 6.02. The number of fused-ring (bicyclic) bond motifs is 2. The highest BCUT2D eigenvalue weighted by molar-refractivity contribution is 6.30. The molecule has 0 bridgehead atoms. The van der Waals surface area contributed by atoms with Crippen molar-refractivity contribution in [3.05, 3.63) is 87.2 Å². The number of halogens is 1. The van der Waals surface area contributed by atoms with Gasteiger partial charge in [-0.1, -0.05) is 41.9 Å². The van der Waals surface area contributed by atoms with Crippen LogP contribution >= 0.6 is 11.6 Å².